The molecule has 0 aliphatic heterocycles. The Bertz CT molecular complexity index is 283. The van der Waals surface area contributed by atoms with Crippen LogP contribution in [0.5, 0.6) is 0 Å². The van der Waals surface area contributed by atoms with Gasteiger partial charge < -0.3 is 9.15 Å². The number of oxazole rings is 1. The van der Waals surface area contributed by atoms with Gasteiger partial charge in [-0.25, -0.2) is 4.98 Å². The molecule has 0 bridgehead atoms. The zero-order chi connectivity index (χ0) is 9.68. The summed E-state index contributed by atoms with van der Waals surface area (Å²) in [6.07, 6.45) is 1.63. The van der Waals surface area contributed by atoms with E-state index in [0.29, 0.717) is 12.4 Å². The molecule has 72 valence electrons. The second kappa shape index (κ2) is 4.61. The van der Waals surface area contributed by atoms with Gasteiger partial charge in [0.15, 0.2) is 0 Å². The van der Waals surface area contributed by atoms with E-state index in [1.165, 1.54) is 7.11 Å². The van der Waals surface area contributed by atoms with E-state index in [-0.39, 0.29) is 12.5 Å². The summed E-state index contributed by atoms with van der Waals surface area (Å²) in [7, 11) is 1.35. The van der Waals surface area contributed by atoms with Crippen LogP contribution in [0.2, 0.25) is 0 Å². The summed E-state index contributed by atoms with van der Waals surface area (Å²) in [6, 6.07) is 0. The molecular weight excluding hydrogens is 172 g/mol. The average Bonchev–Trinajstić information content (AvgIpc) is 2.51. The minimum atomic E-state index is -0.303. The van der Waals surface area contributed by atoms with E-state index >= 15 is 0 Å². The van der Waals surface area contributed by atoms with Crippen LogP contribution in [0.3, 0.4) is 0 Å². The minimum absolute atomic E-state index is 0.165. The SMILES string of the molecule is COC(=O)CNCc1ncc(C)o1. The summed E-state index contributed by atoms with van der Waals surface area (Å²) in [5, 5.41) is 2.83. The Hall–Kier alpha value is -1.36. The van der Waals surface area contributed by atoms with Crippen molar-refractivity contribution >= 4 is 5.97 Å². The summed E-state index contributed by atoms with van der Waals surface area (Å²) in [5.74, 6) is 1.03. The summed E-state index contributed by atoms with van der Waals surface area (Å²) in [4.78, 5) is 14.6. The molecule has 0 aliphatic rings. The summed E-state index contributed by atoms with van der Waals surface area (Å²) in [5.41, 5.74) is 0. The van der Waals surface area contributed by atoms with Crippen LogP contribution < -0.4 is 5.32 Å². The summed E-state index contributed by atoms with van der Waals surface area (Å²) < 4.78 is 9.61. The number of aryl methyl sites for hydroxylation is 1. The van der Waals surface area contributed by atoms with Crippen LogP contribution in [0.4, 0.5) is 0 Å². The van der Waals surface area contributed by atoms with Crippen LogP contribution in [0, 0.1) is 6.92 Å². The van der Waals surface area contributed by atoms with E-state index in [0.717, 1.165) is 5.76 Å². The molecule has 1 N–H and O–H groups in total. The van der Waals surface area contributed by atoms with E-state index in [2.05, 4.69) is 15.0 Å². The smallest absolute Gasteiger partial charge is 0.319 e. The number of esters is 1. The monoisotopic (exact) mass is 184 g/mol. The second-order valence-electron chi connectivity index (χ2n) is 2.54. The van der Waals surface area contributed by atoms with E-state index < -0.39 is 0 Å². The molecule has 0 saturated heterocycles. The van der Waals surface area contributed by atoms with Gasteiger partial charge in [-0.05, 0) is 6.92 Å². The first-order valence-electron chi connectivity index (χ1n) is 3.91. The van der Waals surface area contributed by atoms with Crippen molar-refractivity contribution in [2.24, 2.45) is 0 Å². The average molecular weight is 184 g/mol. The first kappa shape index (κ1) is 9.73. The molecule has 5 heteroatoms. The molecule has 0 aromatic carbocycles. The lowest BCUT2D eigenvalue weighted by atomic mass is 10.6. The molecular formula is C8H12N2O3. The van der Waals surface area contributed by atoms with E-state index in [1.54, 1.807) is 6.20 Å². The van der Waals surface area contributed by atoms with Crippen molar-refractivity contribution in [1.82, 2.24) is 10.3 Å². The van der Waals surface area contributed by atoms with Gasteiger partial charge in [-0.1, -0.05) is 0 Å². The number of hydrogen-bond donors (Lipinski definition) is 1. The number of methoxy groups -OCH3 is 1. The maximum absolute atomic E-state index is 10.7. The summed E-state index contributed by atoms with van der Waals surface area (Å²) >= 11 is 0. The van der Waals surface area contributed by atoms with Gasteiger partial charge in [0, 0.05) is 0 Å². The van der Waals surface area contributed by atoms with Crippen molar-refractivity contribution in [2.75, 3.05) is 13.7 Å². The molecule has 0 spiro atoms. The highest BCUT2D eigenvalue weighted by Crippen LogP contribution is 1.99. The number of nitrogens with zero attached hydrogens (tertiary/aromatic N) is 1. The number of aromatic nitrogens is 1. The van der Waals surface area contributed by atoms with Gasteiger partial charge >= 0.3 is 5.97 Å². The Balaban J connectivity index is 2.24. The van der Waals surface area contributed by atoms with Crippen molar-refractivity contribution < 1.29 is 13.9 Å². The predicted octanol–water partition coefficient (Wildman–Crippen LogP) is 0.246. The Morgan fingerprint density at radius 3 is 3.08 bits per heavy atom. The lowest BCUT2D eigenvalue weighted by molar-refractivity contribution is -0.139. The fourth-order valence-electron chi connectivity index (χ4n) is 0.827. The third-order valence-corrected chi connectivity index (χ3v) is 1.44. The standard InChI is InChI=1S/C8H12N2O3/c1-6-3-10-7(13-6)4-9-5-8(11)12-2/h3,9H,4-5H2,1-2H3. The number of nitrogens with one attached hydrogen (secondary N) is 1. The Labute approximate surface area is 76.1 Å². The van der Waals surface area contributed by atoms with Crippen molar-refractivity contribution in [1.29, 1.82) is 0 Å². The van der Waals surface area contributed by atoms with Gasteiger partial charge in [-0.3, -0.25) is 10.1 Å². The Morgan fingerprint density at radius 2 is 2.54 bits per heavy atom. The molecule has 1 aromatic heterocycles. The minimum Gasteiger partial charge on any atom is -0.468 e. The highest BCUT2D eigenvalue weighted by molar-refractivity contribution is 5.71. The second-order valence-corrected chi connectivity index (χ2v) is 2.54. The number of ether oxygens (including phenoxy) is 1. The Morgan fingerprint density at radius 1 is 1.77 bits per heavy atom. The van der Waals surface area contributed by atoms with Gasteiger partial charge in [0.25, 0.3) is 0 Å². The van der Waals surface area contributed by atoms with Crippen molar-refractivity contribution in [3.8, 4) is 0 Å². The molecule has 0 atom stereocenters. The lowest BCUT2D eigenvalue weighted by Gasteiger charge is -1.99. The molecule has 0 aliphatic carbocycles. The largest absolute Gasteiger partial charge is 0.468 e. The summed E-state index contributed by atoms with van der Waals surface area (Å²) in [6.45, 7) is 2.41. The predicted molar refractivity (Wildman–Crippen MR) is 45.0 cm³/mol. The fraction of sp³-hybridized carbons (Fsp3) is 0.500. The fourth-order valence-corrected chi connectivity index (χ4v) is 0.827. The quantitative estimate of drug-likeness (QED) is 0.679. The van der Waals surface area contributed by atoms with E-state index in [1.807, 2.05) is 6.92 Å². The highest BCUT2D eigenvalue weighted by atomic mass is 16.5. The first-order chi connectivity index (χ1) is 6.22. The zero-order valence-corrected chi connectivity index (χ0v) is 7.66. The molecule has 1 aromatic rings. The van der Waals surface area contributed by atoms with Crippen LogP contribution in [-0.2, 0) is 16.1 Å². The van der Waals surface area contributed by atoms with Crippen molar-refractivity contribution in [2.45, 2.75) is 13.5 Å². The van der Waals surface area contributed by atoms with Crippen molar-refractivity contribution in [3.05, 3.63) is 17.8 Å². The van der Waals surface area contributed by atoms with Gasteiger partial charge in [-0.15, -0.1) is 0 Å². The molecule has 5 nitrogen and oxygen atoms in total. The third-order valence-electron chi connectivity index (χ3n) is 1.44. The molecule has 0 unspecified atom stereocenters. The van der Waals surface area contributed by atoms with Crippen LogP contribution in [0.15, 0.2) is 10.6 Å². The van der Waals surface area contributed by atoms with Gasteiger partial charge in [0.05, 0.1) is 26.4 Å². The van der Waals surface area contributed by atoms with Gasteiger partial charge in [0.2, 0.25) is 5.89 Å². The third kappa shape index (κ3) is 3.25. The number of carbonyl (C=O) groups is 1. The zero-order valence-electron chi connectivity index (χ0n) is 7.66. The topological polar surface area (TPSA) is 64.4 Å². The first-order valence-corrected chi connectivity index (χ1v) is 3.91. The molecule has 0 saturated carbocycles. The highest BCUT2D eigenvalue weighted by Gasteiger charge is 2.02. The van der Waals surface area contributed by atoms with Gasteiger partial charge in [-0.2, -0.15) is 0 Å². The van der Waals surface area contributed by atoms with Crippen LogP contribution in [-0.4, -0.2) is 24.6 Å². The molecule has 1 rings (SSSR count). The maximum Gasteiger partial charge on any atom is 0.319 e. The number of rotatable bonds is 4. The van der Waals surface area contributed by atoms with Crippen LogP contribution in [0.25, 0.3) is 0 Å². The van der Waals surface area contributed by atoms with Gasteiger partial charge in [0.1, 0.15) is 5.76 Å². The molecule has 0 fully saturated rings. The van der Waals surface area contributed by atoms with E-state index in [9.17, 15) is 4.79 Å². The maximum atomic E-state index is 10.7. The van der Waals surface area contributed by atoms with Crippen LogP contribution >= 0.6 is 0 Å². The number of hydrogen-bond acceptors (Lipinski definition) is 5. The van der Waals surface area contributed by atoms with Crippen molar-refractivity contribution in [3.63, 3.8) is 0 Å². The molecule has 13 heavy (non-hydrogen) atoms. The lowest BCUT2D eigenvalue weighted by Crippen LogP contribution is -2.23. The number of carbonyl (C=O) groups excluding carboxylic acids is 1. The molecule has 1 heterocycles. The molecule has 0 radical (unpaired) electrons. The van der Waals surface area contributed by atoms with E-state index in [4.69, 9.17) is 4.42 Å². The normalized spacial score (nSPS) is 10.0. The molecule has 0 amide bonds. The van der Waals surface area contributed by atoms with Crippen LogP contribution in [0.1, 0.15) is 11.7 Å². The Kier molecular flexibility index (Phi) is 3.45.